The Bertz CT molecular complexity index is 582. The fourth-order valence-electron chi connectivity index (χ4n) is 2.99. The lowest BCUT2D eigenvalue weighted by atomic mass is 9.99. The molecule has 1 aliphatic heterocycles. The SMILES string of the molecule is CC1CCN(CCCCNC(N)=NCc2ccc(OC(F)(F)F)cc2)CC1. The van der Waals surface area contributed by atoms with Gasteiger partial charge in [0.25, 0.3) is 0 Å². The average molecular weight is 386 g/mol. The zero-order chi connectivity index (χ0) is 19.7. The summed E-state index contributed by atoms with van der Waals surface area (Å²) in [5, 5.41) is 3.08. The van der Waals surface area contributed by atoms with Crippen molar-refractivity contribution in [2.75, 3.05) is 26.2 Å². The molecule has 0 radical (unpaired) electrons. The molecule has 0 unspecified atom stereocenters. The lowest BCUT2D eigenvalue weighted by Crippen LogP contribution is -2.35. The van der Waals surface area contributed by atoms with Gasteiger partial charge in [-0.15, -0.1) is 13.2 Å². The maximum atomic E-state index is 12.1. The van der Waals surface area contributed by atoms with E-state index in [-0.39, 0.29) is 5.75 Å². The molecular weight excluding hydrogens is 357 g/mol. The summed E-state index contributed by atoms with van der Waals surface area (Å²) in [5.41, 5.74) is 6.59. The number of unbranched alkanes of at least 4 members (excludes halogenated alkanes) is 1. The topological polar surface area (TPSA) is 62.9 Å². The van der Waals surface area contributed by atoms with Crippen LogP contribution in [0.25, 0.3) is 0 Å². The van der Waals surface area contributed by atoms with E-state index in [0.29, 0.717) is 12.5 Å². The van der Waals surface area contributed by atoms with Crippen molar-refractivity contribution in [2.24, 2.45) is 16.6 Å². The number of benzene rings is 1. The molecule has 1 aromatic carbocycles. The van der Waals surface area contributed by atoms with Gasteiger partial charge < -0.3 is 20.7 Å². The van der Waals surface area contributed by atoms with Crippen LogP contribution in [0.2, 0.25) is 0 Å². The predicted octanol–water partition coefficient (Wildman–Crippen LogP) is 3.50. The first-order chi connectivity index (χ1) is 12.8. The fourth-order valence-corrected chi connectivity index (χ4v) is 2.99. The molecule has 3 N–H and O–H groups in total. The van der Waals surface area contributed by atoms with Gasteiger partial charge in [-0.25, -0.2) is 4.99 Å². The summed E-state index contributed by atoms with van der Waals surface area (Å²) in [5.74, 6) is 0.953. The Kier molecular flexibility index (Phi) is 8.22. The molecule has 0 aliphatic carbocycles. The lowest BCUT2D eigenvalue weighted by molar-refractivity contribution is -0.274. The van der Waals surface area contributed by atoms with Crippen molar-refractivity contribution in [3.63, 3.8) is 0 Å². The smallest absolute Gasteiger partial charge is 0.406 e. The highest BCUT2D eigenvalue weighted by Gasteiger charge is 2.30. The fraction of sp³-hybridized carbons (Fsp3) is 0.632. The third-order valence-electron chi connectivity index (χ3n) is 4.67. The van der Waals surface area contributed by atoms with Gasteiger partial charge in [-0.05, 0) is 68.9 Å². The number of rotatable bonds is 8. The first kappa shape index (κ1) is 21.3. The zero-order valence-electron chi connectivity index (χ0n) is 15.8. The molecule has 5 nitrogen and oxygen atoms in total. The number of halogens is 3. The standard InChI is InChI=1S/C19H29F3N4O/c1-15-8-12-26(13-9-15)11-3-2-10-24-18(23)25-14-16-4-6-17(7-5-16)27-19(20,21)22/h4-7,15H,2-3,8-14H2,1H3,(H3,23,24,25). The van der Waals surface area contributed by atoms with E-state index in [9.17, 15) is 13.2 Å². The van der Waals surface area contributed by atoms with Gasteiger partial charge >= 0.3 is 6.36 Å². The number of guanidine groups is 1. The number of likely N-dealkylation sites (tertiary alicyclic amines) is 1. The van der Waals surface area contributed by atoms with Crippen LogP contribution < -0.4 is 15.8 Å². The first-order valence-electron chi connectivity index (χ1n) is 9.42. The molecule has 0 aromatic heterocycles. The highest BCUT2D eigenvalue weighted by atomic mass is 19.4. The number of nitrogens with one attached hydrogen (secondary N) is 1. The van der Waals surface area contributed by atoms with Crippen LogP contribution in [-0.2, 0) is 6.54 Å². The van der Waals surface area contributed by atoms with E-state index in [1.54, 1.807) is 0 Å². The predicted molar refractivity (Wildman–Crippen MR) is 101 cm³/mol. The molecule has 0 bridgehead atoms. The Hall–Kier alpha value is -1.96. The van der Waals surface area contributed by atoms with Crippen LogP contribution in [0.5, 0.6) is 5.75 Å². The summed E-state index contributed by atoms with van der Waals surface area (Å²) in [6, 6.07) is 5.61. The first-order valence-corrected chi connectivity index (χ1v) is 9.42. The van der Waals surface area contributed by atoms with Gasteiger partial charge in [-0.2, -0.15) is 0 Å². The third-order valence-corrected chi connectivity index (χ3v) is 4.67. The molecule has 0 amide bonds. The van der Waals surface area contributed by atoms with E-state index >= 15 is 0 Å². The highest BCUT2D eigenvalue weighted by molar-refractivity contribution is 5.77. The number of nitrogens with zero attached hydrogens (tertiary/aromatic N) is 2. The molecule has 152 valence electrons. The molecule has 8 heteroatoms. The number of ether oxygens (including phenoxy) is 1. The number of aliphatic imine (C=N–C) groups is 1. The van der Waals surface area contributed by atoms with Crippen LogP contribution in [0.1, 0.15) is 38.2 Å². The molecule has 1 aromatic rings. The van der Waals surface area contributed by atoms with Crippen LogP contribution in [-0.4, -0.2) is 43.4 Å². The van der Waals surface area contributed by atoms with E-state index in [4.69, 9.17) is 5.73 Å². The molecular formula is C19H29F3N4O. The minimum atomic E-state index is -4.68. The molecule has 27 heavy (non-hydrogen) atoms. The normalized spacial score (nSPS) is 17.1. The number of hydrogen-bond acceptors (Lipinski definition) is 3. The molecule has 1 heterocycles. The van der Waals surface area contributed by atoms with Crippen LogP contribution >= 0.6 is 0 Å². The van der Waals surface area contributed by atoms with Gasteiger partial charge in [-0.1, -0.05) is 19.1 Å². The van der Waals surface area contributed by atoms with Gasteiger partial charge in [0, 0.05) is 6.54 Å². The van der Waals surface area contributed by atoms with Crippen molar-refractivity contribution in [3.8, 4) is 5.75 Å². The van der Waals surface area contributed by atoms with Crippen molar-refractivity contribution in [2.45, 2.75) is 45.5 Å². The Morgan fingerprint density at radius 2 is 1.89 bits per heavy atom. The van der Waals surface area contributed by atoms with Gasteiger partial charge in [0.05, 0.1) is 6.54 Å². The van der Waals surface area contributed by atoms with E-state index in [2.05, 4.69) is 26.9 Å². The minimum absolute atomic E-state index is 0.246. The second-order valence-electron chi connectivity index (χ2n) is 7.05. The maximum Gasteiger partial charge on any atom is 0.573 e. The summed E-state index contributed by atoms with van der Waals surface area (Å²) < 4.78 is 40.2. The summed E-state index contributed by atoms with van der Waals surface area (Å²) >= 11 is 0. The summed E-state index contributed by atoms with van der Waals surface area (Å²) in [6.45, 7) is 6.90. The van der Waals surface area contributed by atoms with Crippen LogP contribution in [0, 0.1) is 5.92 Å². The number of nitrogens with two attached hydrogens (primary N) is 1. The van der Waals surface area contributed by atoms with Gasteiger partial charge in [0.15, 0.2) is 5.96 Å². The van der Waals surface area contributed by atoms with Crippen LogP contribution in [0.3, 0.4) is 0 Å². The Labute approximate surface area is 158 Å². The largest absolute Gasteiger partial charge is 0.573 e. The van der Waals surface area contributed by atoms with Crippen molar-refractivity contribution in [1.82, 2.24) is 10.2 Å². The molecule has 0 atom stereocenters. The summed E-state index contributed by atoms with van der Waals surface area (Å²) in [6.07, 6.45) is 0.0455. The highest BCUT2D eigenvalue weighted by Crippen LogP contribution is 2.22. The third kappa shape index (κ3) is 8.99. The van der Waals surface area contributed by atoms with E-state index in [1.165, 1.54) is 50.2 Å². The Balaban J connectivity index is 1.60. The lowest BCUT2D eigenvalue weighted by Gasteiger charge is -2.30. The average Bonchev–Trinajstić information content (AvgIpc) is 2.61. The number of hydrogen-bond donors (Lipinski definition) is 2. The van der Waals surface area contributed by atoms with Crippen molar-refractivity contribution in [1.29, 1.82) is 0 Å². The molecule has 0 spiro atoms. The van der Waals surface area contributed by atoms with Crippen LogP contribution in [0.15, 0.2) is 29.3 Å². The van der Waals surface area contributed by atoms with Gasteiger partial charge in [0.1, 0.15) is 5.75 Å². The van der Waals surface area contributed by atoms with Crippen molar-refractivity contribution in [3.05, 3.63) is 29.8 Å². The second kappa shape index (κ2) is 10.4. The van der Waals surface area contributed by atoms with Crippen LogP contribution in [0.4, 0.5) is 13.2 Å². The monoisotopic (exact) mass is 386 g/mol. The van der Waals surface area contributed by atoms with E-state index in [0.717, 1.165) is 37.4 Å². The van der Waals surface area contributed by atoms with Gasteiger partial charge in [-0.3, -0.25) is 0 Å². The molecule has 1 saturated heterocycles. The molecule has 0 saturated carbocycles. The zero-order valence-corrected chi connectivity index (χ0v) is 15.8. The van der Waals surface area contributed by atoms with E-state index in [1.807, 2.05) is 0 Å². The minimum Gasteiger partial charge on any atom is -0.406 e. The van der Waals surface area contributed by atoms with Gasteiger partial charge in [0.2, 0.25) is 0 Å². The number of alkyl halides is 3. The molecule has 2 rings (SSSR count). The molecule has 1 aliphatic rings. The Morgan fingerprint density at radius 3 is 2.52 bits per heavy atom. The van der Waals surface area contributed by atoms with Crippen molar-refractivity contribution < 1.29 is 17.9 Å². The second-order valence-corrected chi connectivity index (χ2v) is 7.05. The van der Waals surface area contributed by atoms with Crippen molar-refractivity contribution >= 4 is 5.96 Å². The van der Waals surface area contributed by atoms with E-state index < -0.39 is 6.36 Å². The summed E-state index contributed by atoms with van der Waals surface area (Å²) in [7, 11) is 0. The molecule has 1 fully saturated rings. The summed E-state index contributed by atoms with van der Waals surface area (Å²) in [4.78, 5) is 6.72. The number of piperidine rings is 1. The Morgan fingerprint density at radius 1 is 1.22 bits per heavy atom. The maximum absolute atomic E-state index is 12.1. The quantitative estimate of drug-likeness (QED) is 0.408.